The molecule has 0 spiro atoms. The summed E-state index contributed by atoms with van der Waals surface area (Å²) in [5.74, 6) is -0.0325. The van der Waals surface area contributed by atoms with Gasteiger partial charge in [0, 0.05) is 17.1 Å². The molecule has 0 N–H and O–H groups in total. The number of hydrogen-bond donors (Lipinski definition) is 0. The minimum absolute atomic E-state index is 0.0325. The number of aryl methyl sites for hydroxylation is 1. The van der Waals surface area contributed by atoms with Crippen LogP contribution in [0.4, 0.5) is 0 Å². The second-order valence-electron chi connectivity index (χ2n) is 7.97. The number of benzene rings is 3. The highest BCUT2D eigenvalue weighted by atomic mass is 32.1. The molecule has 0 fully saturated rings. The molecule has 0 unspecified atom stereocenters. The lowest BCUT2D eigenvalue weighted by atomic mass is 9.77. The molecule has 5 aromatic rings. The van der Waals surface area contributed by atoms with Crippen molar-refractivity contribution < 1.29 is 4.79 Å². The van der Waals surface area contributed by atoms with Gasteiger partial charge in [-0.25, -0.2) is 4.98 Å². The maximum absolute atomic E-state index is 13.4. The van der Waals surface area contributed by atoms with Crippen LogP contribution < -0.4 is 0 Å². The Kier molecular flexibility index (Phi) is 5.76. The van der Waals surface area contributed by atoms with Crippen LogP contribution in [0.3, 0.4) is 0 Å². The van der Waals surface area contributed by atoms with Crippen molar-refractivity contribution in [3.63, 3.8) is 0 Å². The number of aromatic nitrogens is 2. The van der Waals surface area contributed by atoms with Crippen LogP contribution in [0.25, 0.3) is 0 Å². The molecule has 5 rings (SSSR count). The van der Waals surface area contributed by atoms with E-state index >= 15 is 0 Å². The molecule has 0 aliphatic rings. The number of carbonyl (C=O) groups excluding carboxylic acids is 1. The third-order valence-corrected chi connectivity index (χ3v) is 6.94. The van der Waals surface area contributed by atoms with Crippen molar-refractivity contribution >= 4 is 17.1 Å². The normalized spacial score (nSPS) is 11.4. The van der Waals surface area contributed by atoms with Crippen molar-refractivity contribution in [2.45, 2.75) is 18.9 Å². The van der Waals surface area contributed by atoms with Gasteiger partial charge in [-0.3, -0.25) is 4.79 Å². The Morgan fingerprint density at radius 1 is 0.818 bits per heavy atom. The molecule has 0 radical (unpaired) electrons. The smallest absolute Gasteiger partial charge is 0.214 e. The van der Waals surface area contributed by atoms with Crippen LogP contribution in [0, 0.1) is 0 Å². The molecule has 4 heteroatoms. The molecule has 162 valence electrons. The van der Waals surface area contributed by atoms with E-state index in [1.807, 2.05) is 35.2 Å². The van der Waals surface area contributed by atoms with Crippen LogP contribution in [-0.4, -0.2) is 15.3 Å². The van der Waals surface area contributed by atoms with E-state index in [1.165, 1.54) is 0 Å². The van der Waals surface area contributed by atoms with E-state index in [2.05, 4.69) is 89.3 Å². The number of thiophene rings is 1. The van der Waals surface area contributed by atoms with Crippen LogP contribution in [0.2, 0.25) is 0 Å². The van der Waals surface area contributed by atoms with Crippen molar-refractivity contribution in [2.75, 3.05) is 0 Å². The second kappa shape index (κ2) is 9.00. The summed E-state index contributed by atoms with van der Waals surface area (Å²) in [7, 11) is 0. The maximum atomic E-state index is 13.4. The Hall–Kier alpha value is -3.76. The number of nitrogens with zero attached hydrogens (tertiary/aromatic N) is 2. The lowest BCUT2D eigenvalue weighted by Crippen LogP contribution is -2.37. The Morgan fingerprint density at radius 2 is 1.33 bits per heavy atom. The largest absolute Gasteiger partial charge is 0.318 e. The third kappa shape index (κ3) is 3.62. The van der Waals surface area contributed by atoms with Crippen LogP contribution in [0.1, 0.15) is 45.2 Å². The topological polar surface area (TPSA) is 34.9 Å². The third-order valence-electron chi connectivity index (χ3n) is 6.14. The zero-order chi connectivity index (χ0) is 22.7. The van der Waals surface area contributed by atoms with E-state index in [-0.39, 0.29) is 5.78 Å². The lowest BCUT2D eigenvalue weighted by Gasteiger charge is -2.37. The zero-order valence-electron chi connectivity index (χ0n) is 18.4. The van der Waals surface area contributed by atoms with E-state index in [0.717, 1.165) is 34.2 Å². The summed E-state index contributed by atoms with van der Waals surface area (Å²) in [6, 6.07) is 31.2. The van der Waals surface area contributed by atoms with Crippen molar-refractivity contribution in [3.05, 3.63) is 148 Å². The first kappa shape index (κ1) is 21.1. The number of ketones is 1. The van der Waals surface area contributed by atoms with Crippen LogP contribution in [0.5, 0.6) is 0 Å². The van der Waals surface area contributed by atoms with Gasteiger partial charge >= 0.3 is 0 Å². The average molecular weight is 449 g/mol. The molecule has 3 nitrogen and oxygen atoms in total. The van der Waals surface area contributed by atoms with Gasteiger partial charge in [0.05, 0.1) is 6.33 Å². The van der Waals surface area contributed by atoms with Gasteiger partial charge in [-0.15, -0.1) is 0 Å². The van der Waals surface area contributed by atoms with Crippen LogP contribution in [0.15, 0.2) is 114 Å². The highest BCUT2D eigenvalue weighted by molar-refractivity contribution is 7.08. The predicted octanol–water partition coefficient (Wildman–Crippen LogP) is 6.58. The quantitative estimate of drug-likeness (QED) is 0.208. The second-order valence-corrected chi connectivity index (χ2v) is 8.71. The molecule has 0 atom stereocenters. The molecular formula is C29H24N2OS. The standard InChI is InChI=1S/C29H24N2OS/c1-2-22-19-33-20-26(22)28(32)27-18-31(21-30-27)29(23-12-6-3-7-13-23,24-14-8-4-9-15-24)25-16-10-5-11-17-25/h3-21H,2H2,1H3. The summed E-state index contributed by atoms with van der Waals surface area (Å²) in [5.41, 5.74) is 4.90. The summed E-state index contributed by atoms with van der Waals surface area (Å²) in [4.78, 5) is 18.0. The SMILES string of the molecule is CCc1cscc1C(=O)c1cn(C(c2ccccc2)(c2ccccc2)c2ccccc2)cn1. The van der Waals surface area contributed by atoms with Crippen LogP contribution in [-0.2, 0) is 12.0 Å². The first-order chi connectivity index (χ1) is 16.2. The van der Waals surface area contributed by atoms with Crippen molar-refractivity contribution in [2.24, 2.45) is 0 Å². The first-order valence-corrected chi connectivity index (χ1v) is 12.0. The molecule has 33 heavy (non-hydrogen) atoms. The first-order valence-electron chi connectivity index (χ1n) is 11.1. The zero-order valence-corrected chi connectivity index (χ0v) is 19.2. The lowest BCUT2D eigenvalue weighted by molar-refractivity contribution is 0.103. The molecular weight excluding hydrogens is 424 g/mol. The van der Waals surface area contributed by atoms with Gasteiger partial charge in [0.15, 0.2) is 0 Å². The van der Waals surface area contributed by atoms with Gasteiger partial charge in [0.2, 0.25) is 5.78 Å². The van der Waals surface area contributed by atoms with Crippen molar-refractivity contribution in [1.29, 1.82) is 0 Å². The van der Waals surface area contributed by atoms with Crippen molar-refractivity contribution in [1.82, 2.24) is 9.55 Å². The Balaban J connectivity index is 1.75. The monoisotopic (exact) mass is 448 g/mol. The summed E-state index contributed by atoms with van der Waals surface area (Å²) in [6.07, 6.45) is 4.51. The predicted molar refractivity (Wildman–Crippen MR) is 134 cm³/mol. The Labute approximate surface area is 198 Å². The van der Waals surface area contributed by atoms with Gasteiger partial charge < -0.3 is 4.57 Å². The van der Waals surface area contributed by atoms with E-state index in [1.54, 1.807) is 17.7 Å². The van der Waals surface area contributed by atoms with Crippen molar-refractivity contribution in [3.8, 4) is 0 Å². The number of hydrogen-bond acceptors (Lipinski definition) is 3. The van der Waals surface area contributed by atoms with Gasteiger partial charge in [-0.05, 0) is 34.1 Å². The van der Waals surface area contributed by atoms with Gasteiger partial charge in [-0.2, -0.15) is 11.3 Å². The highest BCUT2D eigenvalue weighted by Crippen LogP contribution is 2.40. The molecule has 0 saturated heterocycles. The molecule has 0 aliphatic carbocycles. The minimum atomic E-state index is -0.669. The molecule has 0 bridgehead atoms. The number of imidazole rings is 1. The molecule has 3 aromatic carbocycles. The molecule has 0 saturated carbocycles. The summed E-state index contributed by atoms with van der Waals surface area (Å²) in [5, 5.41) is 3.98. The fourth-order valence-corrected chi connectivity index (χ4v) is 5.46. The fraction of sp³-hybridized carbons (Fsp3) is 0.103. The summed E-state index contributed by atoms with van der Waals surface area (Å²) < 4.78 is 2.08. The van der Waals surface area contributed by atoms with E-state index in [4.69, 9.17) is 0 Å². The summed E-state index contributed by atoms with van der Waals surface area (Å²) in [6.45, 7) is 2.07. The number of carbonyl (C=O) groups is 1. The van der Waals surface area contributed by atoms with Gasteiger partial charge in [0.25, 0.3) is 0 Å². The Morgan fingerprint density at radius 3 is 1.82 bits per heavy atom. The minimum Gasteiger partial charge on any atom is -0.318 e. The Bertz CT molecular complexity index is 1260. The molecule has 2 aromatic heterocycles. The van der Waals surface area contributed by atoms with E-state index in [9.17, 15) is 4.79 Å². The number of rotatable bonds is 7. The van der Waals surface area contributed by atoms with Crippen LogP contribution >= 0.6 is 11.3 Å². The summed E-state index contributed by atoms with van der Waals surface area (Å²) >= 11 is 1.56. The fourth-order valence-electron chi connectivity index (χ4n) is 4.54. The van der Waals surface area contributed by atoms with E-state index < -0.39 is 5.54 Å². The van der Waals surface area contributed by atoms with Gasteiger partial charge in [0.1, 0.15) is 11.2 Å². The molecule has 0 aliphatic heterocycles. The van der Waals surface area contributed by atoms with Gasteiger partial charge in [-0.1, -0.05) is 97.9 Å². The highest BCUT2D eigenvalue weighted by Gasteiger charge is 2.38. The molecule has 0 amide bonds. The average Bonchev–Trinajstić information content (AvgIpc) is 3.57. The van der Waals surface area contributed by atoms with E-state index in [0.29, 0.717) is 5.69 Å². The maximum Gasteiger partial charge on any atom is 0.214 e. The molecule has 2 heterocycles.